The molecule has 0 atom stereocenters. The minimum atomic E-state index is -0.281. The summed E-state index contributed by atoms with van der Waals surface area (Å²) in [5, 5.41) is 0. The third-order valence-electron chi connectivity index (χ3n) is 5.40. The van der Waals surface area contributed by atoms with Crippen molar-refractivity contribution in [2.24, 2.45) is 5.92 Å². The summed E-state index contributed by atoms with van der Waals surface area (Å²) in [7, 11) is 3.25. The number of amides is 2. The maximum absolute atomic E-state index is 13.0. The second-order valence-electron chi connectivity index (χ2n) is 6.95. The molecule has 7 heteroatoms. The van der Waals surface area contributed by atoms with Crippen LogP contribution in [0.4, 0.5) is 4.79 Å². The minimum Gasteiger partial charge on any atom is -0.493 e. The van der Waals surface area contributed by atoms with Gasteiger partial charge in [-0.25, -0.2) is 4.79 Å². The molecule has 0 aromatic heterocycles. The van der Waals surface area contributed by atoms with Gasteiger partial charge in [0, 0.05) is 32.1 Å². The van der Waals surface area contributed by atoms with Crippen LogP contribution in [0.2, 0.25) is 0 Å². The molecule has 2 amide bonds. The molecule has 0 unspecified atom stereocenters. The zero-order chi connectivity index (χ0) is 19.4. The zero-order valence-electron chi connectivity index (χ0n) is 16.3. The molecule has 2 aliphatic rings. The lowest BCUT2D eigenvalue weighted by Gasteiger charge is -2.36. The standard InChI is InChI=1S/C20H28N2O5/c1-4-27-20(24)21-8-5-14(6-9-21)19(23)22-10-7-15-11-17(25-2)18(26-3)12-16(15)13-22/h11-12,14H,4-10,13H2,1-3H3. The molecule has 0 bridgehead atoms. The van der Waals surface area contributed by atoms with E-state index < -0.39 is 0 Å². The monoisotopic (exact) mass is 376 g/mol. The van der Waals surface area contributed by atoms with E-state index in [9.17, 15) is 9.59 Å². The van der Waals surface area contributed by atoms with E-state index in [0.29, 0.717) is 51.4 Å². The van der Waals surface area contributed by atoms with E-state index in [4.69, 9.17) is 14.2 Å². The fourth-order valence-corrected chi connectivity index (χ4v) is 3.85. The first-order chi connectivity index (χ1) is 13.1. The highest BCUT2D eigenvalue weighted by molar-refractivity contribution is 5.79. The first kappa shape index (κ1) is 19.3. The van der Waals surface area contributed by atoms with Crippen molar-refractivity contribution in [2.45, 2.75) is 32.7 Å². The third kappa shape index (κ3) is 4.12. The SMILES string of the molecule is CCOC(=O)N1CCC(C(=O)N2CCc3cc(OC)c(OC)cc3C2)CC1. The fraction of sp³-hybridized carbons (Fsp3) is 0.600. The molecule has 1 saturated heterocycles. The van der Waals surface area contributed by atoms with Crippen molar-refractivity contribution >= 4 is 12.0 Å². The lowest BCUT2D eigenvalue weighted by Crippen LogP contribution is -2.45. The Morgan fingerprint density at radius 3 is 2.22 bits per heavy atom. The topological polar surface area (TPSA) is 68.3 Å². The van der Waals surface area contributed by atoms with E-state index in [1.165, 1.54) is 5.56 Å². The highest BCUT2D eigenvalue weighted by atomic mass is 16.6. The van der Waals surface area contributed by atoms with E-state index >= 15 is 0 Å². The van der Waals surface area contributed by atoms with Crippen molar-refractivity contribution in [1.82, 2.24) is 9.80 Å². The van der Waals surface area contributed by atoms with Crippen LogP contribution in [-0.4, -0.2) is 62.3 Å². The van der Waals surface area contributed by atoms with Crippen LogP contribution in [0.25, 0.3) is 0 Å². The molecule has 1 aromatic rings. The quantitative estimate of drug-likeness (QED) is 0.807. The van der Waals surface area contributed by atoms with Gasteiger partial charge in [-0.05, 0) is 49.4 Å². The van der Waals surface area contributed by atoms with Crippen molar-refractivity contribution in [1.29, 1.82) is 0 Å². The van der Waals surface area contributed by atoms with Gasteiger partial charge in [-0.15, -0.1) is 0 Å². The Hall–Kier alpha value is -2.44. The average Bonchev–Trinajstić information content (AvgIpc) is 2.72. The maximum Gasteiger partial charge on any atom is 0.409 e. The summed E-state index contributed by atoms with van der Waals surface area (Å²) in [4.78, 5) is 28.4. The molecule has 3 rings (SSSR count). The average molecular weight is 376 g/mol. The molecule has 0 radical (unpaired) electrons. The zero-order valence-corrected chi connectivity index (χ0v) is 16.3. The molecule has 2 aliphatic heterocycles. The molecule has 2 heterocycles. The van der Waals surface area contributed by atoms with Gasteiger partial charge >= 0.3 is 6.09 Å². The van der Waals surface area contributed by atoms with Crippen molar-refractivity contribution in [3.63, 3.8) is 0 Å². The number of nitrogens with zero attached hydrogens (tertiary/aromatic N) is 2. The van der Waals surface area contributed by atoms with Gasteiger partial charge in [0.1, 0.15) is 0 Å². The smallest absolute Gasteiger partial charge is 0.409 e. The number of carbonyl (C=O) groups excluding carboxylic acids is 2. The summed E-state index contributed by atoms with van der Waals surface area (Å²) >= 11 is 0. The Morgan fingerprint density at radius 2 is 1.63 bits per heavy atom. The Balaban J connectivity index is 1.62. The van der Waals surface area contributed by atoms with Gasteiger partial charge in [-0.1, -0.05) is 0 Å². The molecule has 0 spiro atoms. The van der Waals surface area contributed by atoms with Gasteiger partial charge in [0.15, 0.2) is 11.5 Å². The minimum absolute atomic E-state index is 0.0302. The number of benzene rings is 1. The molecule has 0 aliphatic carbocycles. The number of piperidine rings is 1. The summed E-state index contributed by atoms with van der Waals surface area (Å²) in [6.45, 7) is 4.62. The molecule has 1 fully saturated rings. The van der Waals surface area contributed by atoms with E-state index in [1.807, 2.05) is 17.0 Å². The molecule has 0 N–H and O–H groups in total. The van der Waals surface area contributed by atoms with Crippen LogP contribution in [0.5, 0.6) is 11.5 Å². The number of carbonyl (C=O) groups is 2. The van der Waals surface area contributed by atoms with Crippen molar-refractivity contribution in [3.05, 3.63) is 23.3 Å². The van der Waals surface area contributed by atoms with Crippen LogP contribution in [0.1, 0.15) is 30.9 Å². The Bertz CT molecular complexity index is 698. The Morgan fingerprint density at radius 1 is 1.00 bits per heavy atom. The molecular weight excluding hydrogens is 348 g/mol. The number of likely N-dealkylation sites (tertiary alicyclic amines) is 1. The summed E-state index contributed by atoms with van der Waals surface area (Å²) in [5.74, 6) is 1.56. The van der Waals surface area contributed by atoms with Crippen LogP contribution < -0.4 is 9.47 Å². The number of hydrogen-bond acceptors (Lipinski definition) is 5. The van der Waals surface area contributed by atoms with E-state index in [-0.39, 0.29) is 17.9 Å². The van der Waals surface area contributed by atoms with E-state index in [0.717, 1.165) is 17.7 Å². The summed E-state index contributed by atoms with van der Waals surface area (Å²) < 4.78 is 15.8. The summed E-state index contributed by atoms with van der Waals surface area (Å²) in [6, 6.07) is 3.98. The number of rotatable bonds is 4. The maximum atomic E-state index is 13.0. The lowest BCUT2D eigenvalue weighted by molar-refractivity contribution is -0.138. The normalized spacial score (nSPS) is 17.3. The molecule has 27 heavy (non-hydrogen) atoms. The van der Waals surface area contributed by atoms with Crippen LogP contribution >= 0.6 is 0 Å². The third-order valence-corrected chi connectivity index (χ3v) is 5.40. The fourth-order valence-electron chi connectivity index (χ4n) is 3.85. The first-order valence-electron chi connectivity index (χ1n) is 9.51. The molecular formula is C20H28N2O5. The lowest BCUT2D eigenvalue weighted by atomic mass is 9.93. The summed E-state index contributed by atoms with van der Waals surface area (Å²) in [6.07, 6.45) is 1.90. The van der Waals surface area contributed by atoms with Gasteiger partial charge in [-0.3, -0.25) is 4.79 Å². The second-order valence-corrected chi connectivity index (χ2v) is 6.95. The van der Waals surface area contributed by atoms with Crippen molar-refractivity contribution in [3.8, 4) is 11.5 Å². The van der Waals surface area contributed by atoms with Crippen molar-refractivity contribution < 1.29 is 23.8 Å². The van der Waals surface area contributed by atoms with E-state index in [1.54, 1.807) is 26.0 Å². The van der Waals surface area contributed by atoms with Crippen LogP contribution in [0.15, 0.2) is 12.1 Å². The number of fused-ring (bicyclic) bond motifs is 1. The Kier molecular flexibility index (Phi) is 6.08. The number of methoxy groups -OCH3 is 2. The van der Waals surface area contributed by atoms with Crippen LogP contribution in [-0.2, 0) is 22.5 Å². The molecule has 0 saturated carbocycles. The van der Waals surface area contributed by atoms with E-state index in [2.05, 4.69) is 0 Å². The Labute approximate surface area is 160 Å². The van der Waals surface area contributed by atoms with Crippen LogP contribution in [0, 0.1) is 5.92 Å². The number of hydrogen-bond donors (Lipinski definition) is 0. The van der Waals surface area contributed by atoms with Gasteiger partial charge in [0.25, 0.3) is 0 Å². The van der Waals surface area contributed by atoms with Crippen molar-refractivity contribution in [2.75, 3.05) is 40.5 Å². The molecule has 7 nitrogen and oxygen atoms in total. The number of ether oxygens (including phenoxy) is 3. The predicted octanol–water partition coefficient (Wildman–Crippen LogP) is 2.46. The predicted molar refractivity (Wildman–Crippen MR) is 100.0 cm³/mol. The van der Waals surface area contributed by atoms with Crippen LogP contribution in [0.3, 0.4) is 0 Å². The van der Waals surface area contributed by atoms with Gasteiger partial charge in [0.2, 0.25) is 5.91 Å². The largest absolute Gasteiger partial charge is 0.493 e. The molecule has 148 valence electrons. The van der Waals surface area contributed by atoms with Gasteiger partial charge < -0.3 is 24.0 Å². The highest BCUT2D eigenvalue weighted by Gasteiger charge is 2.32. The molecule has 1 aromatic carbocycles. The summed E-state index contributed by atoms with van der Waals surface area (Å²) in [5.41, 5.74) is 2.31. The second kappa shape index (κ2) is 8.50. The highest BCUT2D eigenvalue weighted by Crippen LogP contribution is 2.34. The van der Waals surface area contributed by atoms with Gasteiger partial charge in [0.05, 0.1) is 20.8 Å². The first-order valence-corrected chi connectivity index (χ1v) is 9.51. The van der Waals surface area contributed by atoms with Gasteiger partial charge in [-0.2, -0.15) is 0 Å².